The highest BCUT2D eigenvalue weighted by Gasteiger charge is 2.11. The van der Waals surface area contributed by atoms with Gasteiger partial charge in [-0.05, 0) is 30.0 Å². The molecule has 0 spiro atoms. The minimum atomic E-state index is -0.307. The van der Waals surface area contributed by atoms with Gasteiger partial charge in [0, 0.05) is 4.88 Å². The number of aromatic nitrogens is 1. The van der Waals surface area contributed by atoms with E-state index in [0.717, 1.165) is 18.7 Å². The van der Waals surface area contributed by atoms with E-state index in [2.05, 4.69) is 28.7 Å². The molecule has 0 saturated carbocycles. The number of pyridine rings is 1. The van der Waals surface area contributed by atoms with E-state index in [1.807, 2.05) is 6.07 Å². The molecule has 0 bridgehead atoms. The Morgan fingerprint density at radius 1 is 1.41 bits per heavy atom. The van der Waals surface area contributed by atoms with Crippen molar-refractivity contribution in [1.82, 2.24) is 4.98 Å². The van der Waals surface area contributed by atoms with Crippen LogP contribution in [0.25, 0.3) is 0 Å². The molecule has 0 aliphatic heterocycles. The van der Waals surface area contributed by atoms with Crippen LogP contribution in [0.2, 0.25) is 0 Å². The summed E-state index contributed by atoms with van der Waals surface area (Å²) in [7, 11) is 0. The maximum atomic E-state index is 12.8. The number of hydrogen-bond acceptors (Lipinski definition) is 3. The van der Waals surface area contributed by atoms with Crippen molar-refractivity contribution < 1.29 is 4.39 Å². The number of halogens is 1. The second kappa shape index (κ2) is 5.77. The summed E-state index contributed by atoms with van der Waals surface area (Å²) in [6.07, 6.45) is 3.37. The summed E-state index contributed by atoms with van der Waals surface area (Å²) in [5.41, 5.74) is 0. The summed E-state index contributed by atoms with van der Waals surface area (Å²) < 4.78 is 12.8. The fraction of sp³-hybridized carbons (Fsp3) is 0.308. The zero-order chi connectivity index (χ0) is 12.1. The van der Waals surface area contributed by atoms with Gasteiger partial charge in [0.2, 0.25) is 0 Å². The molecule has 4 heteroatoms. The highest BCUT2D eigenvalue weighted by molar-refractivity contribution is 7.10. The van der Waals surface area contributed by atoms with Crippen LogP contribution in [0.3, 0.4) is 0 Å². The Labute approximate surface area is 105 Å². The van der Waals surface area contributed by atoms with Crippen molar-refractivity contribution in [2.45, 2.75) is 25.8 Å². The quantitative estimate of drug-likeness (QED) is 0.858. The van der Waals surface area contributed by atoms with Crippen LogP contribution in [0.4, 0.5) is 10.2 Å². The lowest BCUT2D eigenvalue weighted by molar-refractivity contribution is 0.620. The zero-order valence-corrected chi connectivity index (χ0v) is 10.5. The Kier molecular flexibility index (Phi) is 4.09. The van der Waals surface area contributed by atoms with E-state index < -0.39 is 0 Å². The van der Waals surface area contributed by atoms with E-state index in [9.17, 15) is 4.39 Å². The molecule has 0 fully saturated rings. The van der Waals surface area contributed by atoms with Crippen LogP contribution in [0.5, 0.6) is 0 Å². The third-order valence-electron chi connectivity index (χ3n) is 2.51. The summed E-state index contributed by atoms with van der Waals surface area (Å²) in [6, 6.07) is 7.51. The van der Waals surface area contributed by atoms with Crippen molar-refractivity contribution in [3.05, 3.63) is 46.5 Å². The van der Waals surface area contributed by atoms with Crippen molar-refractivity contribution in [3.63, 3.8) is 0 Å². The minimum Gasteiger partial charge on any atom is -0.362 e. The molecule has 0 aromatic carbocycles. The third-order valence-corrected chi connectivity index (χ3v) is 3.50. The van der Waals surface area contributed by atoms with Crippen LogP contribution >= 0.6 is 11.3 Å². The lowest BCUT2D eigenvalue weighted by Gasteiger charge is -2.17. The number of thiophene rings is 1. The average molecular weight is 250 g/mol. The van der Waals surface area contributed by atoms with Gasteiger partial charge in [-0.3, -0.25) is 0 Å². The fourth-order valence-electron chi connectivity index (χ4n) is 1.70. The van der Waals surface area contributed by atoms with Crippen LogP contribution < -0.4 is 5.32 Å². The predicted octanol–water partition coefficient (Wildman–Crippen LogP) is 4.24. The topological polar surface area (TPSA) is 24.9 Å². The molecule has 2 aromatic rings. The summed E-state index contributed by atoms with van der Waals surface area (Å²) in [4.78, 5) is 5.32. The smallest absolute Gasteiger partial charge is 0.141 e. The van der Waals surface area contributed by atoms with Gasteiger partial charge in [0.25, 0.3) is 0 Å². The molecule has 1 N–H and O–H groups in total. The van der Waals surface area contributed by atoms with E-state index in [-0.39, 0.29) is 11.9 Å². The molecule has 90 valence electrons. The SMILES string of the molecule is CCCC(Nc1ccc(F)cn1)c1cccs1. The molecular weight excluding hydrogens is 235 g/mol. The van der Waals surface area contributed by atoms with E-state index >= 15 is 0 Å². The van der Waals surface area contributed by atoms with Crippen molar-refractivity contribution in [3.8, 4) is 0 Å². The summed E-state index contributed by atoms with van der Waals surface area (Å²) in [5.74, 6) is 0.414. The normalized spacial score (nSPS) is 12.4. The van der Waals surface area contributed by atoms with Crippen molar-refractivity contribution in [1.29, 1.82) is 0 Å². The first-order valence-electron chi connectivity index (χ1n) is 5.71. The lowest BCUT2D eigenvalue weighted by atomic mass is 10.1. The Bertz CT molecular complexity index is 439. The number of rotatable bonds is 5. The van der Waals surface area contributed by atoms with Crippen LogP contribution in [0.15, 0.2) is 35.8 Å². The molecule has 2 heterocycles. The summed E-state index contributed by atoms with van der Waals surface area (Å²) in [5, 5.41) is 5.41. The van der Waals surface area contributed by atoms with E-state index in [1.165, 1.54) is 17.1 Å². The molecule has 2 rings (SSSR count). The first kappa shape index (κ1) is 12.0. The highest BCUT2D eigenvalue weighted by atomic mass is 32.1. The summed E-state index contributed by atoms with van der Waals surface area (Å²) >= 11 is 1.73. The van der Waals surface area contributed by atoms with E-state index in [0.29, 0.717) is 0 Å². The second-order valence-electron chi connectivity index (χ2n) is 3.86. The molecule has 1 atom stereocenters. The zero-order valence-electron chi connectivity index (χ0n) is 9.69. The number of anilines is 1. The van der Waals surface area contributed by atoms with Gasteiger partial charge >= 0.3 is 0 Å². The Balaban J connectivity index is 2.10. The average Bonchev–Trinajstić information content (AvgIpc) is 2.85. The van der Waals surface area contributed by atoms with Gasteiger partial charge in [0.1, 0.15) is 11.6 Å². The molecule has 1 unspecified atom stereocenters. The van der Waals surface area contributed by atoms with Crippen LogP contribution in [0, 0.1) is 5.82 Å². The highest BCUT2D eigenvalue weighted by Crippen LogP contribution is 2.26. The molecule has 17 heavy (non-hydrogen) atoms. The maximum absolute atomic E-state index is 12.8. The number of nitrogens with one attached hydrogen (secondary N) is 1. The van der Waals surface area contributed by atoms with Crippen molar-refractivity contribution >= 4 is 17.2 Å². The van der Waals surface area contributed by atoms with Gasteiger partial charge in [0.15, 0.2) is 0 Å². The van der Waals surface area contributed by atoms with Gasteiger partial charge in [-0.15, -0.1) is 11.3 Å². The first-order chi connectivity index (χ1) is 8.29. The third kappa shape index (κ3) is 3.27. The predicted molar refractivity (Wildman–Crippen MR) is 69.8 cm³/mol. The van der Waals surface area contributed by atoms with Gasteiger partial charge < -0.3 is 5.32 Å². The summed E-state index contributed by atoms with van der Waals surface area (Å²) in [6.45, 7) is 2.15. The second-order valence-corrected chi connectivity index (χ2v) is 4.84. The molecule has 0 aliphatic carbocycles. The molecular formula is C13H15FN2S. The van der Waals surface area contributed by atoms with E-state index in [4.69, 9.17) is 0 Å². The van der Waals surface area contributed by atoms with Crippen LogP contribution in [-0.4, -0.2) is 4.98 Å². The van der Waals surface area contributed by atoms with Gasteiger partial charge in [-0.1, -0.05) is 19.4 Å². The largest absolute Gasteiger partial charge is 0.362 e. The fourth-order valence-corrected chi connectivity index (χ4v) is 2.52. The standard InChI is InChI=1S/C13H15FN2S/c1-2-4-11(12-5-3-8-17-12)16-13-7-6-10(14)9-15-13/h3,5-9,11H,2,4H2,1H3,(H,15,16). The van der Waals surface area contributed by atoms with Crippen LogP contribution in [-0.2, 0) is 0 Å². The monoisotopic (exact) mass is 250 g/mol. The molecule has 0 amide bonds. The molecule has 0 saturated heterocycles. The van der Waals surface area contributed by atoms with Crippen LogP contribution in [0.1, 0.15) is 30.7 Å². The molecule has 2 nitrogen and oxygen atoms in total. The Morgan fingerprint density at radius 3 is 2.88 bits per heavy atom. The molecule has 2 aromatic heterocycles. The Morgan fingerprint density at radius 2 is 2.29 bits per heavy atom. The lowest BCUT2D eigenvalue weighted by Crippen LogP contribution is -2.10. The van der Waals surface area contributed by atoms with Crippen molar-refractivity contribution in [2.24, 2.45) is 0 Å². The first-order valence-corrected chi connectivity index (χ1v) is 6.59. The van der Waals surface area contributed by atoms with Crippen molar-refractivity contribution in [2.75, 3.05) is 5.32 Å². The number of hydrogen-bond donors (Lipinski definition) is 1. The number of nitrogens with zero attached hydrogens (tertiary/aromatic N) is 1. The van der Waals surface area contributed by atoms with Gasteiger partial charge in [-0.25, -0.2) is 9.37 Å². The molecule has 0 radical (unpaired) electrons. The molecule has 0 aliphatic rings. The van der Waals surface area contributed by atoms with E-state index in [1.54, 1.807) is 17.4 Å². The van der Waals surface area contributed by atoms with Gasteiger partial charge in [0.05, 0.1) is 12.2 Å². The van der Waals surface area contributed by atoms with Gasteiger partial charge in [-0.2, -0.15) is 0 Å². The minimum absolute atomic E-state index is 0.262. The maximum Gasteiger partial charge on any atom is 0.141 e. The Hall–Kier alpha value is -1.42.